The molecule has 3 rings (SSSR count). The molecule has 0 amide bonds. The Morgan fingerprint density at radius 3 is 2.11 bits per heavy atom. The highest BCUT2D eigenvalue weighted by molar-refractivity contribution is 5.74. The predicted octanol–water partition coefficient (Wildman–Crippen LogP) is 4.63. The second kappa shape index (κ2) is 7.78. The van der Waals surface area contributed by atoms with E-state index in [0.717, 1.165) is 36.5 Å². The minimum atomic E-state index is -5.65. The lowest BCUT2D eigenvalue weighted by Crippen LogP contribution is -2.47. The first-order valence-electron chi connectivity index (χ1n) is 8.02. The Morgan fingerprint density at radius 1 is 1.11 bits per heavy atom. The molecular weight excluding hydrogens is 390 g/mol. The number of rotatable bonds is 5. The van der Waals surface area contributed by atoms with Crippen molar-refractivity contribution in [3.63, 3.8) is 0 Å². The molecule has 10 heteroatoms. The summed E-state index contributed by atoms with van der Waals surface area (Å²) in [4.78, 5) is 14.1. The van der Waals surface area contributed by atoms with E-state index in [0.29, 0.717) is 6.29 Å². The number of benzene rings is 1. The number of halogens is 6. The smallest absolute Gasteiger partial charge is 0.436 e. The summed E-state index contributed by atoms with van der Waals surface area (Å²) in [6.45, 7) is 0. The van der Waals surface area contributed by atoms with Crippen LogP contribution < -0.4 is 10.5 Å². The van der Waals surface area contributed by atoms with Gasteiger partial charge in [0.1, 0.15) is 5.75 Å². The molecule has 2 aromatic rings. The summed E-state index contributed by atoms with van der Waals surface area (Å²) in [5, 5.41) is 0. The second-order valence-corrected chi connectivity index (χ2v) is 5.95. The van der Waals surface area contributed by atoms with E-state index in [1.54, 1.807) is 0 Å². The summed E-state index contributed by atoms with van der Waals surface area (Å²) in [5.41, 5.74) is 2.05. The monoisotopic (exact) mass is 406 g/mol. The summed E-state index contributed by atoms with van der Waals surface area (Å²) in [6.07, 6.45) is -4.76. The van der Waals surface area contributed by atoms with Crippen LogP contribution in [0.15, 0.2) is 36.5 Å². The van der Waals surface area contributed by atoms with Crippen LogP contribution in [-0.2, 0) is 5.41 Å². The molecule has 1 saturated carbocycles. The van der Waals surface area contributed by atoms with Crippen molar-refractivity contribution in [3.8, 4) is 11.6 Å². The van der Waals surface area contributed by atoms with E-state index < -0.39 is 29.2 Å². The fourth-order valence-electron chi connectivity index (χ4n) is 2.71. The van der Waals surface area contributed by atoms with Crippen molar-refractivity contribution in [3.05, 3.63) is 53.5 Å². The number of carbonyl (C=O) groups excluding carboxylic acids is 1. The normalized spacial score (nSPS) is 15.3. The number of aldehydes is 1. The van der Waals surface area contributed by atoms with E-state index in [2.05, 4.69) is 10.7 Å². The fourth-order valence-corrected chi connectivity index (χ4v) is 2.71. The summed E-state index contributed by atoms with van der Waals surface area (Å²) >= 11 is 0. The third-order valence-electron chi connectivity index (χ3n) is 4.29. The molecule has 0 radical (unpaired) electrons. The van der Waals surface area contributed by atoms with Crippen LogP contribution in [0.4, 0.5) is 26.3 Å². The van der Waals surface area contributed by atoms with Gasteiger partial charge in [-0.05, 0) is 43.7 Å². The zero-order valence-corrected chi connectivity index (χ0v) is 14.6. The number of carbonyl (C=O) groups is 1. The molecule has 1 aliphatic carbocycles. The van der Waals surface area contributed by atoms with Crippen LogP contribution in [0.5, 0.6) is 11.6 Å². The Labute approximate surface area is 156 Å². The van der Waals surface area contributed by atoms with Crippen LogP contribution in [0, 0.1) is 5.82 Å². The molecule has 1 fully saturated rings. The number of pyridine rings is 1. The van der Waals surface area contributed by atoms with E-state index in [1.165, 1.54) is 7.05 Å². The highest BCUT2D eigenvalue weighted by atomic mass is 19.4. The maximum absolute atomic E-state index is 13.8. The lowest BCUT2D eigenvalue weighted by Gasteiger charge is -2.29. The van der Waals surface area contributed by atoms with Gasteiger partial charge in [0.05, 0.1) is 5.41 Å². The highest BCUT2D eigenvalue weighted by Gasteiger charge is 2.75. The molecule has 0 atom stereocenters. The lowest BCUT2D eigenvalue weighted by molar-refractivity contribution is -0.296. The molecule has 28 heavy (non-hydrogen) atoms. The van der Waals surface area contributed by atoms with Crippen molar-refractivity contribution in [1.82, 2.24) is 4.98 Å². The second-order valence-electron chi connectivity index (χ2n) is 5.95. The van der Waals surface area contributed by atoms with Gasteiger partial charge in [0.2, 0.25) is 0 Å². The molecular formula is C18H16F6N2O2. The molecule has 0 spiro atoms. The SMILES string of the molecule is CN.O=Cc1cnc(Oc2ccc(C3(C(F)(F)C(F)(F)F)CC3)cc2)c(F)c1. The first-order chi connectivity index (χ1) is 13.1. The Hall–Kier alpha value is -2.62. The number of hydrogen-bond acceptors (Lipinski definition) is 4. The van der Waals surface area contributed by atoms with Gasteiger partial charge >= 0.3 is 12.1 Å². The Bertz CT molecular complexity index is 833. The first-order valence-corrected chi connectivity index (χ1v) is 8.02. The maximum atomic E-state index is 13.8. The molecule has 0 saturated heterocycles. The molecule has 1 heterocycles. The minimum Gasteiger partial charge on any atom is -0.436 e. The third kappa shape index (κ3) is 3.82. The van der Waals surface area contributed by atoms with E-state index in [9.17, 15) is 31.1 Å². The van der Waals surface area contributed by atoms with Gasteiger partial charge in [-0.15, -0.1) is 0 Å². The quantitative estimate of drug-likeness (QED) is 0.581. The van der Waals surface area contributed by atoms with Crippen LogP contribution in [0.25, 0.3) is 0 Å². The minimum absolute atomic E-state index is 0.00439. The number of aromatic nitrogens is 1. The van der Waals surface area contributed by atoms with Crippen molar-refractivity contribution >= 4 is 6.29 Å². The van der Waals surface area contributed by atoms with Gasteiger partial charge in [-0.25, -0.2) is 9.37 Å². The third-order valence-corrected chi connectivity index (χ3v) is 4.29. The number of nitrogens with two attached hydrogens (primary N) is 1. The average Bonchev–Trinajstić information content (AvgIpc) is 3.47. The number of alkyl halides is 5. The number of hydrogen-bond donors (Lipinski definition) is 1. The zero-order chi connectivity index (χ0) is 21.2. The molecule has 0 aliphatic heterocycles. The van der Waals surface area contributed by atoms with Crippen LogP contribution >= 0.6 is 0 Å². The molecule has 1 aromatic carbocycles. The predicted molar refractivity (Wildman–Crippen MR) is 88.1 cm³/mol. The van der Waals surface area contributed by atoms with Crippen LogP contribution in [-0.4, -0.2) is 30.4 Å². The van der Waals surface area contributed by atoms with Gasteiger partial charge in [-0.3, -0.25) is 4.79 Å². The maximum Gasteiger partial charge on any atom is 0.454 e. The largest absolute Gasteiger partial charge is 0.454 e. The van der Waals surface area contributed by atoms with Gasteiger partial charge in [0.25, 0.3) is 5.88 Å². The standard InChI is InChI=1S/C17H11F6NO2.CH5N/c18-13-7-10(9-25)8-24-14(13)26-12-3-1-11(2-4-12)15(5-6-15)16(19,20)17(21,22)23;1-2/h1-4,7-9H,5-6H2;2H2,1H3. The fraction of sp³-hybridized carbons (Fsp3) is 0.333. The van der Waals surface area contributed by atoms with Crippen LogP contribution in [0.3, 0.4) is 0 Å². The van der Waals surface area contributed by atoms with E-state index >= 15 is 0 Å². The van der Waals surface area contributed by atoms with Gasteiger partial charge in [-0.2, -0.15) is 22.0 Å². The van der Waals surface area contributed by atoms with E-state index in [1.807, 2.05) is 0 Å². The molecule has 0 bridgehead atoms. The van der Waals surface area contributed by atoms with Gasteiger partial charge < -0.3 is 10.5 Å². The zero-order valence-electron chi connectivity index (χ0n) is 14.6. The van der Waals surface area contributed by atoms with Gasteiger partial charge in [0.15, 0.2) is 12.1 Å². The van der Waals surface area contributed by atoms with Crippen LogP contribution in [0.2, 0.25) is 0 Å². The summed E-state index contributed by atoms with van der Waals surface area (Å²) in [7, 11) is 1.50. The molecule has 1 aromatic heterocycles. The van der Waals surface area contributed by atoms with Crippen molar-refractivity contribution in [2.75, 3.05) is 7.05 Å². The molecule has 0 unspecified atom stereocenters. The average molecular weight is 406 g/mol. The first kappa shape index (κ1) is 21.7. The molecule has 4 nitrogen and oxygen atoms in total. The topological polar surface area (TPSA) is 65.2 Å². The molecule has 2 N–H and O–H groups in total. The van der Waals surface area contributed by atoms with Gasteiger partial charge in [0, 0.05) is 11.8 Å². The number of ether oxygens (including phenoxy) is 1. The highest BCUT2D eigenvalue weighted by Crippen LogP contribution is 2.63. The Balaban J connectivity index is 0.00000136. The van der Waals surface area contributed by atoms with Crippen molar-refractivity contribution in [1.29, 1.82) is 0 Å². The van der Waals surface area contributed by atoms with Crippen molar-refractivity contribution in [2.45, 2.75) is 30.4 Å². The number of nitrogens with zero attached hydrogens (tertiary/aromatic N) is 1. The Morgan fingerprint density at radius 2 is 1.68 bits per heavy atom. The summed E-state index contributed by atoms with van der Waals surface area (Å²) in [6, 6.07) is 5.42. The molecule has 152 valence electrons. The van der Waals surface area contributed by atoms with Crippen molar-refractivity contribution < 1.29 is 35.9 Å². The summed E-state index contributed by atoms with van der Waals surface area (Å²) in [5.74, 6) is -6.21. The van der Waals surface area contributed by atoms with Crippen molar-refractivity contribution in [2.24, 2.45) is 5.73 Å². The Kier molecular flexibility index (Phi) is 6.03. The van der Waals surface area contributed by atoms with Gasteiger partial charge in [-0.1, -0.05) is 12.1 Å². The van der Waals surface area contributed by atoms with Crippen LogP contribution in [0.1, 0.15) is 28.8 Å². The van der Waals surface area contributed by atoms with E-state index in [-0.39, 0.29) is 29.7 Å². The molecule has 1 aliphatic rings. The lowest BCUT2D eigenvalue weighted by atomic mass is 9.88. The van der Waals surface area contributed by atoms with E-state index in [4.69, 9.17) is 4.74 Å². The summed E-state index contributed by atoms with van der Waals surface area (Å²) < 4.78 is 84.5.